The van der Waals surface area contributed by atoms with E-state index in [1.165, 1.54) is 43.5 Å². The summed E-state index contributed by atoms with van der Waals surface area (Å²) < 4.78 is 57.4. The Labute approximate surface area is 229 Å². The maximum absolute atomic E-state index is 13.7. The summed E-state index contributed by atoms with van der Waals surface area (Å²) in [6, 6.07) is 16.7. The molecule has 38 heavy (non-hydrogen) atoms. The summed E-state index contributed by atoms with van der Waals surface area (Å²) in [6.07, 6.45) is -0.174. The summed E-state index contributed by atoms with van der Waals surface area (Å²) in [4.78, 5) is 27.3. The van der Waals surface area contributed by atoms with Crippen LogP contribution < -0.4 is 14.8 Å². The number of carbonyl (C=O) groups is 2. The van der Waals surface area contributed by atoms with Crippen LogP contribution in [0.15, 0.2) is 87.1 Å². The van der Waals surface area contributed by atoms with Crippen LogP contribution in [0.1, 0.15) is 12.0 Å². The van der Waals surface area contributed by atoms with Crippen LogP contribution in [0.5, 0.6) is 5.75 Å². The Morgan fingerprint density at radius 2 is 1.50 bits per heavy atom. The van der Waals surface area contributed by atoms with Gasteiger partial charge < -0.3 is 4.74 Å². The van der Waals surface area contributed by atoms with E-state index in [9.17, 15) is 26.4 Å². The molecular formula is C25H24BrN3O7S2. The van der Waals surface area contributed by atoms with Crippen molar-refractivity contribution in [2.45, 2.75) is 28.7 Å². The first-order valence-electron chi connectivity index (χ1n) is 11.3. The Balaban J connectivity index is 1.67. The molecule has 1 fully saturated rings. The van der Waals surface area contributed by atoms with E-state index in [0.29, 0.717) is 21.5 Å². The molecule has 0 aromatic heterocycles. The summed E-state index contributed by atoms with van der Waals surface area (Å²) in [5.74, 6) is -0.651. The van der Waals surface area contributed by atoms with Gasteiger partial charge in [0.1, 0.15) is 11.8 Å². The van der Waals surface area contributed by atoms with E-state index in [1.54, 1.807) is 36.4 Å². The molecule has 0 bridgehead atoms. The number of imide groups is 1. The monoisotopic (exact) mass is 621 g/mol. The number of amides is 2. The maximum Gasteiger partial charge on any atom is 0.252 e. The maximum atomic E-state index is 13.7. The number of halogens is 1. The van der Waals surface area contributed by atoms with Gasteiger partial charge in [0.05, 0.1) is 29.0 Å². The summed E-state index contributed by atoms with van der Waals surface area (Å²) in [5, 5.41) is 5.15. The van der Waals surface area contributed by atoms with E-state index < -0.39 is 37.9 Å². The number of sulfonamides is 2. The largest absolute Gasteiger partial charge is 0.497 e. The Bertz CT molecular complexity index is 1560. The van der Waals surface area contributed by atoms with Gasteiger partial charge in [-0.15, -0.1) is 0 Å². The van der Waals surface area contributed by atoms with E-state index in [2.05, 4.69) is 15.9 Å². The predicted octanol–water partition coefficient (Wildman–Crippen LogP) is 2.67. The number of nitrogens with zero attached hydrogens (tertiary/aromatic N) is 2. The summed E-state index contributed by atoms with van der Waals surface area (Å²) in [7, 11) is -6.59. The molecule has 1 unspecified atom stereocenters. The lowest BCUT2D eigenvalue weighted by Crippen LogP contribution is -2.46. The van der Waals surface area contributed by atoms with Crippen molar-refractivity contribution in [2.24, 2.45) is 5.14 Å². The average Bonchev–Trinajstić information content (AvgIpc) is 3.17. The van der Waals surface area contributed by atoms with Crippen LogP contribution in [-0.4, -0.2) is 52.7 Å². The molecule has 1 aliphatic heterocycles. The third-order valence-corrected chi connectivity index (χ3v) is 9.47. The van der Waals surface area contributed by atoms with Crippen molar-refractivity contribution in [3.8, 4) is 5.75 Å². The highest BCUT2D eigenvalue weighted by atomic mass is 79.9. The second kappa shape index (κ2) is 10.9. The molecule has 0 spiro atoms. The first kappa shape index (κ1) is 27.9. The Kier molecular flexibility index (Phi) is 8.04. The van der Waals surface area contributed by atoms with Crippen molar-refractivity contribution < 1.29 is 31.2 Å². The second-order valence-corrected chi connectivity index (χ2v) is 12.9. The molecule has 0 saturated carbocycles. The van der Waals surface area contributed by atoms with Crippen molar-refractivity contribution in [1.82, 2.24) is 4.31 Å². The molecule has 1 aliphatic rings. The average molecular weight is 623 g/mol. The molecule has 1 atom stereocenters. The fourth-order valence-corrected chi connectivity index (χ4v) is 6.48. The molecule has 2 N–H and O–H groups in total. The minimum atomic E-state index is -4.20. The van der Waals surface area contributed by atoms with Gasteiger partial charge in [-0.25, -0.2) is 26.9 Å². The molecule has 3 aromatic rings. The van der Waals surface area contributed by atoms with Crippen molar-refractivity contribution in [3.63, 3.8) is 0 Å². The molecule has 4 rings (SSSR count). The lowest BCUT2D eigenvalue weighted by Gasteiger charge is -2.27. The summed E-state index contributed by atoms with van der Waals surface area (Å²) in [6.45, 7) is -0.132. The molecule has 13 heteroatoms. The summed E-state index contributed by atoms with van der Waals surface area (Å²) >= 11 is 3.28. The van der Waals surface area contributed by atoms with E-state index in [1.807, 2.05) is 0 Å². The number of anilines is 1. The van der Waals surface area contributed by atoms with Crippen LogP contribution in [0.4, 0.5) is 5.69 Å². The number of rotatable bonds is 9. The molecule has 1 heterocycles. The lowest BCUT2D eigenvalue weighted by atomic mass is 10.1. The van der Waals surface area contributed by atoms with Gasteiger partial charge >= 0.3 is 0 Å². The third-order valence-electron chi connectivity index (χ3n) is 6.09. The van der Waals surface area contributed by atoms with Crippen LogP contribution in [0.2, 0.25) is 0 Å². The minimum Gasteiger partial charge on any atom is -0.497 e. The highest BCUT2D eigenvalue weighted by Gasteiger charge is 2.46. The fourth-order valence-electron chi connectivity index (χ4n) is 4.11. The highest BCUT2D eigenvalue weighted by molar-refractivity contribution is 9.10. The molecular weight excluding hydrogens is 598 g/mol. The third kappa shape index (κ3) is 5.81. The van der Waals surface area contributed by atoms with Gasteiger partial charge in [0.15, 0.2) is 0 Å². The Morgan fingerprint density at radius 3 is 2.05 bits per heavy atom. The first-order chi connectivity index (χ1) is 17.9. The van der Waals surface area contributed by atoms with Crippen molar-refractivity contribution in [2.75, 3.05) is 18.6 Å². The molecule has 10 nitrogen and oxygen atoms in total. The number of carbonyl (C=O) groups excluding carboxylic acids is 2. The van der Waals surface area contributed by atoms with Crippen LogP contribution in [0, 0.1) is 0 Å². The lowest BCUT2D eigenvalue weighted by molar-refractivity contribution is -0.122. The zero-order valence-electron chi connectivity index (χ0n) is 20.2. The smallest absolute Gasteiger partial charge is 0.252 e. The van der Waals surface area contributed by atoms with Gasteiger partial charge in [-0.05, 0) is 72.6 Å². The van der Waals surface area contributed by atoms with E-state index in [0.717, 1.165) is 9.21 Å². The normalized spacial score (nSPS) is 16.3. The topological polar surface area (TPSA) is 144 Å². The van der Waals surface area contributed by atoms with Crippen LogP contribution in [0.25, 0.3) is 0 Å². The number of ether oxygens (including phenoxy) is 1. The summed E-state index contributed by atoms with van der Waals surface area (Å²) in [5.41, 5.74) is 0.931. The fraction of sp³-hybridized carbons (Fsp3) is 0.200. The zero-order chi connectivity index (χ0) is 27.7. The number of methoxy groups -OCH3 is 1. The Morgan fingerprint density at radius 1 is 0.921 bits per heavy atom. The van der Waals surface area contributed by atoms with E-state index in [4.69, 9.17) is 9.88 Å². The molecule has 200 valence electrons. The molecule has 3 aromatic carbocycles. The zero-order valence-corrected chi connectivity index (χ0v) is 23.4. The van der Waals surface area contributed by atoms with Crippen molar-refractivity contribution >= 4 is 53.5 Å². The van der Waals surface area contributed by atoms with Crippen LogP contribution >= 0.6 is 15.9 Å². The minimum absolute atomic E-state index is 0.0339. The number of nitrogens with two attached hydrogens (primary N) is 1. The van der Waals surface area contributed by atoms with Crippen molar-refractivity contribution in [3.05, 3.63) is 82.8 Å². The van der Waals surface area contributed by atoms with Gasteiger partial charge in [0.25, 0.3) is 5.91 Å². The number of hydrogen-bond donors (Lipinski definition) is 1. The van der Waals surface area contributed by atoms with Gasteiger partial charge in [-0.2, -0.15) is 4.31 Å². The van der Waals surface area contributed by atoms with Crippen LogP contribution in [0.3, 0.4) is 0 Å². The number of benzene rings is 3. The molecule has 1 saturated heterocycles. The predicted molar refractivity (Wildman–Crippen MR) is 143 cm³/mol. The van der Waals surface area contributed by atoms with Crippen molar-refractivity contribution in [1.29, 1.82) is 0 Å². The standard InChI is InChI=1S/C25H24BrN3O7S2/c1-36-20-8-6-19(7-9-20)29-24(30)16-23(25(29)31)28(38(34,35)22-12-4-18(26)5-13-22)15-14-17-2-10-21(11-3-17)37(27,32)33/h2-13,23H,14-16H2,1H3,(H2,27,32,33). The molecule has 2 amide bonds. The number of primary sulfonamides is 1. The molecule has 0 radical (unpaired) electrons. The molecule has 0 aliphatic carbocycles. The van der Waals surface area contributed by atoms with Gasteiger partial charge in [0, 0.05) is 11.0 Å². The van der Waals surface area contributed by atoms with Crippen LogP contribution in [-0.2, 0) is 36.1 Å². The van der Waals surface area contributed by atoms with Gasteiger partial charge in [-0.3, -0.25) is 9.59 Å². The Hall–Kier alpha value is -3.10. The van der Waals surface area contributed by atoms with E-state index in [-0.39, 0.29) is 29.2 Å². The SMILES string of the molecule is COc1ccc(N2C(=O)CC(N(CCc3ccc(S(N)(=O)=O)cc3)S(=O)(=O)c3ccc(Br)cc3)C2=O)cc1. The van der Waals surface area contributed by atoms with E-state index >= 15 is 0 Å². The highest BCUT2D eigenvalue weighted by Crippen LogP contribution is 2.31. The quantitative estimate of drug-likeness (QED) is 0.362. The second-order valence-electron chi connectivity index (χ2n) is 8.49. The first-order valence-corrected chi connectivity index (χ1v) is 15.1. The van der Waals surface area contributed by atoms with Gasteiger partial charge in [0.2, 0.25) is 26.0 Å². The number of hydrogen-bond acceptors (Lipinski definition) is 7. The van der Waals surface area contributed by atoms with Gasteiger partial charge in [-0.1, -0.05) is 28.1 Å².